The molecule has 0 aromatic heterocycles. The van der Waals surface area contributed by atoms with Crippen molar-refractivity contribution in [3.8, 4) is 0 Å². The van der Waals surface area contributed by atoms with E-state index >= 15 is 0 Å². The van der Waals surface area contributed by atoms with Crippen molar-refractivity contribution in [1.29, 1.82) is 0 Å². The Morgan fingerprint density at radius 2 is 1.72 bits per heavy atom. The second-order valence-corrected chi connectivity index (χ2v) is 4.42. The molecule has 18 heavy (non-hydrogen) atoms. The van der Waals surface area contributed by atoms with Crippen LogP contribution in [-0.2, 0) is 6.42 Å². The number of halogens is 2. The molecule has 1 nitrogen and oxygen atoms in total. The van der Waals surface area contributed by atoms with Crippen LogP contribution in [0.1, 0.15) is 22.7 Å². The minimum atomic E-state index is -0.582. The molecule has 0 fully saturated rings. The van der Waals surface area contributed by atoms with E-state index in [1.807, 2.05) is 30.3 Å². The normalized spacial score (nSPS) is 12.4. The summed E-state index contributed by atoms with van der Waals surface area (Å²) in [5.74, 6) is -1.12. The summed E-state index contributed by atoms with van der Waals surface area (Å²) in [4.78, 5) is 0. The van der Waals surface area contributed by atoms with E-state index < -0.39 is 17.7 Å². The third kappa shape index (κ3) is 2.74. The van der Waals surface area contributed by atoms with Gasteiger partial charge >= 0.3 is 0 Å². The van der Waals surface area contributed by atoms with Gasteiger partial charge in [-0.3, -0.25) is 0 Å². The van der Waals surface area contributed by atoms with E-state index in [4.69, 9.17) is 5.73 Å². The Morgan fingerprint density at radius 1 is 1.06 bits per heavy atom. The number of hydrogen-bond acceptors (Lipinski definition) is 1. The summed E-state index contributed by atoms with van der Waals surface area (Å²) in [5, 5.41) is 0. The third-order valence-corrected chi connectivity index (χ3v) is 2.98. The molecule has 94 valence electrons. The Labute approximate surface area is 105 Å². The zero-order chi connectivity index (χ0) is 13.1. The van der Waals surface area contributed by atoms with Crippen LogP contribution in [0, 0.1) is 18.6 Å². The molecule has 0 aliphatic rings. The van der Waals surface area contributed by atoms with Crippen molar-refractivity contribution >= 4 is 0 Å². The highest BCUT2D eigenvalue weighted by Crippen LogP contribution is 2.22. The van der Waals surface area contributed by atoms with Crippen LogP contribution in [0.5, 0.6) is 0 Å². The van der Waals surface area contributed by atoms with Crippen molar-refractivity contribution in [1.82, 2.24) is 0 Å². The van der Waals surface area contributed by atoms with E-state index in [0.717, 1.165) is 11.6 Å². The molecule has 0 bridgehead atoms. The fourth-order valence-electron chi connectivity index (χ4n) is 1.94. The van der Waals surface area contributed by atoms with Crippen molar-refractivity contribution in [3.05, 3.63) is 70.8 Å². The Bertz CT molecular complexity index is 538. The Morgan fingerprint density at radius 3 is 2.39 bits per heavy atom. The number of nitrogens with two attached hydrogens (primary N) is 1. The van der Waals surface area contributed by atoms with Gasteiger partial charge < -0.3 is 5.73 Å². The maximum absolute atomic E-state index is 13.7. The lowest BCUT2D eigenvalue weighted by Gasteiger charge is -2.14. The van der Waals surface area contributed by atoms with Crippen LogP contribution in [-0.4, -0.2) is 0 Å². The Hall–Kier alpha value is -1.74. The lowest BCUT2D eigenvalue weighted by molar-refractivity contribution is 0.550. The summed E-state index contributed by atoms with van der Waals surface area (Å²) < 4.78 is 26.8. The summed E-state index contributed by atoms with van der Waals surface area (Å²) in [7, 11) is 0. The minimum absolute atomic E-state index is 0.359. The highest BCUT2D eigenvalue weighted by molar-refractivity contribution is 5.29. The summed E-state index contributed by atoms with van der Waals surface area (Å²) >= 11 is 0. The molecule has 2 N–H and O–H groups in total. The average Bonchev–Trinajstić information content (AvgIpc) is 2.35. The molecular formula is C15H15F2N. The second-order valence-electron chi connectivity index (χ2n) is 4.42. The number of benzene rings is 2. The molecule has 2 rings (SSSR count). The van der Waals surface area contributed by atoms with Crippen LogP contribution in [0.3, 0.4) is 0 Å². The number of hydrogen-bond donors (Lipinski definition) is 1. The van der Waals surface area contributed by atoms with Crippen LogP contribution >= 0.6 is 0 Å². The minimum Gasteiger partial charge on any atom is -0.324 e. The number of aryl methyl sites for hydroxylation is 1. The van der Waals surface area contributed by atoms with Crippen molar-refractivity contribution in [2.45, 2.75) is 19.4 Å². The van der Waals surface area contributed by atoms with Gasteiger partial charge in [-0.05, 0) is 30.5 Å². The average molecular weight is 247 g/mol. The predicted molar refractivity (Wildman–Crippen MR) is 68.2 cm³/mol. The van der Waals surface area contributed by atoms with Gasteiger partial charge in [0, 0.05) is 17.7 Å². The fourth-order valence-corrected chi connectivity index (χ4v) is 1.94. The van der Waals surface area contributed by atoms with Gasteiger partial charge in [0.1, 0.15) is 11.6 Å². The first-order valence-corrected chi connectivity index (χ1v) is 5.83. The molecular weight excluding hydrogens is 232 g/mol. The Balaban J connectivity index is 2.24. The summed E-state index contributed by atoms with van der Waals surface area (Å²) in [6.07, 6.45) is 0.531. The van der Waals surface area contributed by atoms with Crippen LogP contribution in [0.4, 0.5) is 8.78 Å². The molecule has 0 amide bonds. The standard InChI is InChI=1S/C15H15F2N/c1-10-7-12(14(17)9-13(10)16)15(18)8-11-5-3-2-4-6-11/h2-7,9,15H,8,18H2,1H3. The van der Waals surface area contributed by atoms with Gasteiger partial charge in [0.05, 0.1) is 0 Å². The van der Waals surface area contributed by atoms with Gasteiger partial charge in [0.15, 0.2) is 0 Å². The smallest absolute Gasteiger partial charge is 0.130 e. The molecule has 0 radical (unpaired) electrons. The highest BCUT2D eigenvalue weighted by Gasteiger charge is 2.14. The highest BCUT2D eigenvalue weighted by atomic mass is 19.1. The fraction of sp³-hybridized carbons (Fsp3) is 0.200. The number of rotatable bonds is 3. The lowest BCUT2D eigenvalue weighted by atomic mass is 9.98. The largest absolute Gasteiger partial charge is 0.324 e. The van der Waals surface area contributed by atoms with Gasteiger partial charge in [-0.1, -0.05) is 30.3 Å². The molecule has 0 saturated carbocycles. The molecule has 0 saturated heterocycles. The van der Waals surface area contributed by atoms with Crippen molar-refractivity contribution in [2.75, 3.05) is 0 Å². The molecule has 3 heteroatoms. The molecule has 2 aromatic carbocycles. The van der Waals surface area contributed by atoms with E-state index in [1.165, 1.54) is 6.07 Å². The zero-order valence-corrected chi connectivity index (χ0v) is 10.2. The summed E-state index contributed by atoms with van der Waals surface area (Å²) in [6, 6.07) is 11.5. The summed E-state index contributed by atoms with van der Waals surface area (Å²) in [6.45, 7) is 1.60. The molecule has 0 heterocycles. The van der Waals surface area contributed by atoms with Crippen LogP contribution in [0.25, 0.3) is 0 Å². The van der Waals surface area contributed by atoms with Gasteiger partial charge in [-0.2, -0.15) is 0 Å². The van der Waals surface area contributed by atoms with Crippen LogP contribution in [0.2, 0.25) is 0 Å². The maximum atomic E-state index is 13.7. The molecule has 0 spiro atoms. The van der Waals surface area contributed by atoms with Crippen LogP contribution < -0.4 is 5.73 Å². The first-order valence-electron chi connectivity index (χ1n) is 5.83. The molecule has 0 aliphatic heterocycles. The van der Waals surface area contributed by atoms with Gasteiger partial charge in [0.2, 0.25) is 0 Å². The predicted octanol–water partition coefficient (Wildman–Crippen LogP) is 3.52. The topological polar surface area (TPSA) is 26.0 Å². The zero-order valence-electron chi connectivity index (χ0n) is 10.2. The van der Waals surface area contributed by atoms with Gasteiger partial charge in [-0.15, -0.1) is 0 Å². The molecule has 2 aromatic rings. The second kappa shape index (κ2) is 5.27. The maximum Gasteiger partial charge on any atom is 0.130 e. The quantitative estimate of drug-likeness (QED) is 0.882. The van der Waals surface area contributed by atoms with Crippen molar-refractivity contribution in [3.63, 3.8) is 0 Å². The van der Waals surface area contributed by atoms with E-state index in [1.54, 1.807) is 6.92 Å². The van der Waals surface area contributed by atoms with E-state index in [-0.39, 0.29) is 0 Å². The van der Waals surface area contributed by atoms with Crippen molar-refractivity contribution in [2.24, 2.45) is 5.73 Å². The van der Waals surface area contributed by atoms with Gasteiger partial charge in [0.25, 0.3) is 0 Å². The summed E-state index contributed by atoms with van der Waals surface area (Å²) in [5.41, 5.74) is 7.79. The van der Waals surface area contributed by atoms with Crippen LogP contribution in [0.15, 0.2) is 42.5 Å². The van der Waals surface area contributed by atoms with Crippen molar-refractivity contribution < 1.29 is 8.78 Å². The van der Waals surface area contributed by atoms with E-state index in [2.05, 4.69) is 0 Å². The van der Waals surface area contributed by atoms with E-state index in [0.29, 0.717) is 17.5 Å². The monoisotopic (exact) mass is 247 g/mol. The first-order chi connectivity index (χ1) is 8.58. The molecule has 0 aliphatic carbocycles. The SMILES string of the molecule is Cc1cc(C(N)Cc2ccccc2)c(F)cc1F. The molecule has 1 atom stereocenters. The van der Waals surface area contributed by atoms with Gasteiger partial charge in [-0.25, -0.2) is 8.78 Å². The first kappa shape index (κ1) is 12.7. The Kier molecular flexibility index (Phi) is 3.72. The molecule has 1 unspecified atom stereocenters. The third-order valence-electron chi connectivity index (χ3n) is 2.98. The lowest BCUT2D eigenvalue weighted by Crippen LogP contribution is -2.15. The van der Waals surface area contributed by atoms with E-state index in [9.17, 15) is 8.78 Å².